The molecule has 36 heavy (non-hydrogen) atoms. The molecule has 0 spiro atoms. The molecule has 0 bridgehead atoms. The van der Waals surface area contributed by atoms with Gasteiger partial charge in [0.05, 0.1) is 16.6 Å². The maximum atomic E-state index is 13.3. The number of benzene rings is 2. The Hall–Kier alpha value is -4.29. The third-order valence-electron chi connectivity index (χ3n) is 5.48. The summed E-state index contributed by atoms with van der Waals surface area (Å²) in [4.78, 5) is 21.3. The molecular formula is C24H20N6O4S2. The highest BCUT2D eigenvalue weighted by Gasteiger charge is 2.34. The number of hydrogen-bond donors (Lipinski definition) is 3. The highest BCUT2D eigenvalue weighted by Crippen LogP contribution is 2.37. The van der Waals surface area contributed by atoms with Crippen LogP contribution in [0.2, 0.25) is 0 Å². The SMILES string of the molecule is O=C(Nc1ccc(S(=O)(=O)Nc2nccs2)cc1)N1N=C(c2cccnc2)CC1c1ccccc1O. The van der Waals surface area contributed by atoms with Gasteiger partial charge in [0.1, 0.15) is 5.75 Å². The summed E-state index contributed by atoms with van der Waals surface area (Å²) in [7, 11) is -3.81. The monoisotopic (exact) mass is 520 g/mol. The molecule has 2 aromatic heterocycles. The Morgan fingerprint density at radius 3 is 2.56 bits per heavy atom. The number of pyridine rings is 1. The first-order valence-corrected chi connectivity index (χ1v) is 13.2. The van der Waals surface area contributed by atoms with Crippen molar-refractivity contribution >= 4 is 43.9 Å². The number of hydrogen-bond acceptors (Lipinski definition) is 8. The topological polar surface area (TPSA) is 137 Å². The van der Waals surface area contributed by atoms with Gasteiger partial charge in [-0.2, -0.15) is 5.10 Å². The molecule has 12 heteroatoms. The number of hydrazone groups is 1. The number of urea groups is 1. The smallest absolute Gasteiger partial charge is 0.342 e. The number of phenolic OH excluding ortho intramolecular Hbond substituents is 1. The lowest BCUT2D eigenvalue weighted by atomic mass is 9.98. The number of anilines is 2. The maximum Gasteiger partial charge on any atom is 0.342 e. The zero-order valence-corrected chi connectivity index (χ0v) is 20.3. The summed E-state index contributed by atoms with van der Waals surface area (Å²) in [6, 6.07) is 15.1. The van der Waals surface area contributed by atoms with E-state index in [1.807, 2.05) is 6.07 Å². The van der Waals surface area contributed by atoms with Crippen molar-refractivity contribution in [2.45, 2.75) is 17.4 Å². The van der Waals surface area contributed by atoms with Crippen molar-refractivity contribution in [1.82, 2.24) is 15.0 Å². The van der Waals surface area contributed by atoms with Crippen molar-refractivity contribution in [3.8, 4) is 5.75 Å². The normalized spacial score (nSPS) is 15.4. The Bertz CT molecular complexity index is 1510. The van der Waals surface area contributed by atoms with Gasteiger partial charge in [-0.15, -0.1) is 11.3 Å². The minimum atomic E-state index is -3.81. The molecule has 0 saturated carbocycles. The van der Waals surface area contributed by atoms with Crippen molar-refractivity contribution in [3.63, 3.8) is 0 Å². The van der Waals surface area contributed by atoms with E-state index in [2.05, 4.69) is 25.1 Å². The molecule has 5 rings (SSSR count). The van der Waals surface area contributed by atoms with Gasteiger partial charge in [0.2, 0.25) is 0 Å². The van der Waals surface area contributed by atoms with Crippen molar-refractivity contribution in [3.05, 3.63) is 95.8 Å². The fraction of sp³-hybridized carbons (Fsp3) is 0.0833. The van der Waals surface area contributed by atoms with Crippen LogP contribution in [0.15, 0.2) is 94.6 Å². The van der Waals surface area contributed by atoms with Crippen molar-refractivity contribution in [2.75, 3.05) is 10.0 Å². The van der Waals surface area contributed by atoms with E-state index in [-0.39, 0.29) is 15.8 Å². The molecule has 10 nitrogen and oxygen atoms in total. The van der Waals surface area contributed by atoms with Crippen LogP contribution in [0.1, 0.15) is 23.6 Å². The zero-order chi connectivity index (χ0) is 25.1. The van der Waals surface area contributed by atoms with Crippen molar-refractivity contribution < 1.29 is 18.3 Å². The molecule has 4 aromatic rings. The number of carbonyl (C=O) groups is 1. The molecule has 0 aliphatic carbocycles. The second-order valence-electron chi connectivity index (χ2n) is 7.81. The first-order valence-electron chi connectivity index (χ1n) is 10.8. The quantitative estimate of drug-likeness (QED) is 0.344. The number of sulfonamides is 1. The summed E-state index contributed by atoms with van der Waals surface area (Å²) < 4.78 is 27.5. The largest absolute Gasteiger partial charge is 0.508 e. The standard InChI is InChI=1S/C24H20N6O4S2/c31-22-6-2-1-5-19(22)21-14-20(16-4-3-11-25-15-16)28-30(21)24(32)27-17-7-9-18(10-8-17)36(33,34)29-23-26-12-13-35-23/h1-13,15,21,31H,14H2,(H,26,29)(H,27,32). The Labute approximate surface area is 211 Å². The van der Waals surface area contributed by atoms with Crippen LogP contribution in [0, 0.1) is 0 Å². The molecule has 1 unspecified atom stereocenters. The van der Waals surface area contributed by atoms with Crippen molar-refractivity contribution in [2.24, 2.45) is 5.10 Å². The lowest BCUT2D eigenvalue weighted by Gasteiger charge is -2.23. The van der Waals surface area contributed by atoms with E-state index in [0.29, 0.717) is 23.4 Å². The van der Waals surface area contributed by atoms with E-state index in [0.717, 1.165) is 5.56 Å². The Balaban J connectivity index is 1.37. The molecule has 182 valence electrons. The first-order chi connectivity index (χ1) is 17.4. The van der Waals surface area contributed by atoms with Gasteiger partial charge in [-0.3, -0.25) is 9.71 Å². The number of para-hydroxylation sites is 1. The van der Waals surface area contributed by atoms with E-state index >= 15 is 0 Å². The molecule has 3 N–H and O–H groups in total. The van der Waals surface area contributed by atoms with Gasteiger partial charge in [0.25, 0.3) is 10.0 Å². The molecule has 3 heterocycles. The number of aromatic hydroxyl groups is 1. The maximum absolute atomic E-state index is 13.3. The Kier molecular flexibility index (Phi) is 6.36. The third-order valence-corrected chi connectivity index (χ3v) is 7.65. The predicted molar refractivity (Wildman–Crippen MR) is 136 cm³/mol. The van der Waals surface area contributed by atoms with Gasteiger partial charge in [-0.05, 0) is 36.4 Å². The van der Waals surface area contributed by atoms with Crippen molar-refractivity contribution in [1.29, 1.82) is 0 Å². The number of nitrogens with one attached hydrogen (secondary N) is 2. The molecule has 2 amide bonds. The van der Waals surface area contributed by atoms with E-state index in [1.54, 1.807) is 48.1 Å². The van der Waals surface area contributed by atoms with Gasteiger partial charge >= 0.3 is 6.03 Å². The van der Waals surface area contributed by atoms with Gasteiger partial charge < -0.3 is 10.4 Å². The van der Waals surface area contributed by atoms with Gasteiger partial charge in [0, 0.05) is 47.2 Å². The summed E-state index contributed by atoms with van der Waals surface area (Å²) in [5.41, 5.74) is 2.37. The number of phenols is 1. The van der Waals surface area contributed by atoms with E-state index in [1.165, 1.54) is 46.8 Å². The lowest BCUT2D eigenvalue weighted by Crippen LogP contribution is -2.31. The summed E-state index contributed by atoms with van der Waals surface area (Å²) in [6.45, 7) is 0. The minimum Gasteiger partial charge on any atom is -0.508 e. The highest BCUT2D eigenvalue weighted by molar-refractivity contribution is 7.93. The van der Waals surface area contributed by atoms with Crippen LogP contribution in [0.5, 0.6) is 5.75 Å². The second kappa shape index (κ2) is 9.76. The number of carbonyl (C=O) groups excluding carboxylic acids is 1. The fourth-order valence-electron chi connectivity index (χ4n) is 3.76. The van der Waals surface area contributed by atoms with Crippen LogP contribution in [0.4, 0.5) is 15.6 Å². The zero-order valence-electron chi connectivity index (χ0n) is 18.6. The van der Waals surface area contributed by atoms with Crippen LogP contribution in [0.25, 0.3) is 0 Å². The minimum absolute atomic E-state index is 0.0286. The van der Waals surface area contributed by atoms with E-state index in [4.69, 9.17) is 0 Å². The van der Waals surface area contributed by atoms with Crippen LogP contribution in [0.3, 0.4) is 0 Å². The molecule has 0 saturated heterocycles. The van der Waals surface area contributed by atoms with Crippen LogP contribution >= 0.6 is 11.3 Å². The number of amides is 2. The predicted octanol–water partition coefficient (Wildman–Crippen LogP) is 4.43. The van der Waals surface area contributed by atoms with Crippen LogP contribution in [-0.4, -0.2) is 40.2 Å². The lowest BCUT2D eigenvalue weighted by molar-refractivity contribution is 0.199. The van der Waals surface area contributed by atoms with Crippen LogP contribution < -0.4 is 10.0 Å². The fourth-order valence-corrected chi connectivity index (χ4v) is 5.55. The summed E-state index contributed by atoms with van der Waals surface area (Å²) >= 11 is 1.17. The number of thiazole rings is 1. The molecule has 1 aliphatic rings. The third kappa shape index (κ3) is 4.90. The molecule has 0 fully saturated rings. The molecule has 0 radical (unpaired) electrons. The molecular weight excluding hydrogens is 500 g/mol. The number of nitrogens with zero attached hydrogens (tertiary/aromatic N) is 4. The molecule has 1 aliphatic heterocycles. The number of aromatic nitrogens is 2. The van der Waals surface area contributed by atoms with E-state index < -0.39 is 22.1 Å². The molecule has 1 atom stereocenters. The Morgan fingerprint density at radius 2 is 1.86 bits per heavy atom. The Morgan fingerprint density at radius 1 is 1.06 bits per heavy atom. The summed E-state index contributed by atoms with van der Waals surface area (Å²) in [5.74, 6) is 0.0604. The van der Waals surface area contributed by atoms with Gasteiger partial charge in [-0.1, -0.05) is 24.3 Å². The summed E-state index contributed by atoms with van der Waals surface area (Å²) in [6.07, 6.45) is 5.21. The average molecular weight is 521 g/mol. The molecule has 2 aromatic carbocycles. The number of rotatable bonds is 6. The van der Waals surface area contributed by atoms with Gasteiger partial charge in [-0.25, -0.2) is 23.2 Å². The summed E-state index contributed by atoms with van der Waals surface area (Å²) in [5, 5.41) is 20.9. The first kappa shape index (κ1) is 23.5. The highest BCUT2D eigenvalue weighted by atomic mass is 32.2. The second-order valence-corrected chi connectivity index (χ2v) is 10.4. The van der Waals surface area contributed by atoms with E-state index in [9.17, 15) is 18.3 Å². The van der Waals surface area contributed by atoms with Gasteiger partial charge in [0.15, 0.2) is 5.13 Å². The average Bonchev–Trinajstić information content (AvgIpc) is 3.55. The van der Waals surface area contributed by atoms with Crippen LogP contribution in [-0.2, 0) is 10.0 Å².